The molecule has 7 heteroatoms. The van der Waals surface area contributed by atoms with E-state index in [0.717, 1.165) is 55.5 Å². The summed E-state index contributed by atoms with van der Waals surface area (Å²) in [5.74, 6) is 0.0567. The van der Waals surface area contributed by atoms with Gasteiger partial charge in [0.25, 0.3) is 0 Å². The van der Waals surface area contributed by atoms with Crippen molar-refractivity contribution in [3.63, 3.8) is 0 Å². The quantitative estimate of drug-likeness (QED) is 0.776. The number of nitrogens with one attached hydrogen (secondary N) is 3. The van der Waals surface area contributed by atoms with Crippen molar-refractivity contribution < 1.29 is 4.79 Å². The molecule has 2 saturated heterocycles. The first-order chi connectivity index (χ1) is 12.1. The molecule has 0 aliphatic carbocycles. The Balaban J connectivity index is 1.43. The molecule has 4 rings (SSSR count). The van der Waals surface area contributed by atoms with E-state index >= 15 is 0 Å². The van der Waals surface area contributed by atoms with Crippen molar-refractivity contribution in [2.75, 3.05) is 19.6 Å². The number of fused-ring (bicyclic) bond motifs is 1. The number of halogens is 1. The van der Waals surface area contributed by atoms with Crippen LogP contribution in [0.5, 0.6) is 0 Å². The smallest absolute Gasteiger partial charge is 0.237 e. The highest BCUT2D eigenvalue weighted by Gasteiger charge is 2.42. The number of hydrogen-bond acceptors (Lipinski definition) is 4. The van der Waals surface area contributed by atoms with Gasteiger partial charge < -0.3 is 16.0 Å². The molecule has 0 saturated carbocycles. The number of nitrogens with zero attached hydrogens (tertiary/aromatic N) is 2. The first-order valence-electron chi connectivity index (χ1n) is 8.90. The number of carbonyl (C=O) groups excluding carboxylic acids is 1. The van der Waals surface area contributed by atoms with E-state index in [2.05, 4.69) is 21.0 Å². The van der Waals surface area contributed by atoms with Crippen molar-refractivity contribution >= 4 is 28.4 Å². The minimum Gasteiger partial charge on any atom is -0.349 e. The summed E-state index contributed by atoms with van der Waals surface area (Å²) >= 11 is 6.33. The number of aryl methyl sites for hydroxylation is 1. The van der Waals surface area contributed by atoms with Gasteiger partial charge in [-0.05, 0) is 49.9 Å². The maximum atomic E-state index is 12.6. The Kier molecular flexibility index (Phi) is 4.43. The van der Waals surface area contributed by atoms with Crippen LogP contribution in [0.4, 0.5) is 0 Å². The molecule has 2 aliphatic rings. The van der Waals surface area contributed by atoms with Crippen molar-refractivity contribution in [2.24, 2.45) is 12.5 Å². The second-order valence-corrected chi connectivity index (χ2v) is 7.72. The van der Waals surface area contributed by atoms with E-state index in [0.29, 0.717) is 11.6 Å². The van der Waals surface area contributed by atoms with Crippen LogP contribution in [-0.4, -0.2) is 41.4 Å². The molecule has 2 aromatic rings. The molecule has 1 amide bonds. The Labute approximate surface area is 152 Å². The van der Waals surface area contributed by atoms with Crippen LogP contribution >= 0.6 is 11.6 Å². The van der Waals surface area contributed by atoms with Gasteiger partial charge >= 0.3 is 0 Å². The van der Waals surface area contributed by atoms with Gasteiger partial charge in [-0.2, -0.15) is 5.10 Å². The van der Waals surface area contributed by atoms with Gasteiger partial charge in [0, 0.05) is 19.0 Å². The second kappa shape index (κ2) is 6.59. The van der Waals surface area contributed by atoms with Gasteiger partial charge in [0.15, 0.2) is 0 Å². The predicted molar refractivity (Wildman–Crippen MR) is 98.5 cm³/mol. The van der Waals surface area contributed by atoms with Crippen LogP contribution in [0.3, 0.4) is 0 Å². The van der Waals surface area contributed by atoms with Gasteiger partial charge in [0.2, 0.25) is 5.91 Å². The average molecular weight is 362 g/mol. The minimum absolute atomic E-state index is 0.0567. The Morgan fingerprint density at radius 2 is 2.24 bits per heavy atom. The molecule has 1 atom stereocenters. The summed E-state index contributed by atoms with van der Waals surface area (Å²) < 4.78 is 1.81. The lowest BCUT2D eigenvalue weighted by Crippen LogP contribution is -2.40. The van der Waals surface area contributed by atoms with Crippen LogP contribution in [0.2, 0.25) is 5.02 Å². The van der Waals surface area contributed by atoms with Gasteiger partial charge in [-0.1, -0.05) is 17.7 Å². The molecule has 0 radical (unpaired) electrons. The van der Waals surface area contributed by atoms with Gasteiger partial charge in [0.1, 0.15) is 0 Å². The molecule has 0 unspecified atom stereocenters. The highest BCUT2D eigenvalue weighted by atomic mass is 35.5. The first kappa shape index (κ1) is 16.8. The summed E-state index contributed by atoms with van der Waals surface area (Å²) in [5.41, 5.74) is 2.07. The molecule has 1 aromatic carbocycles. The van der Waals surface area contributed by atoms with E-state index in [9.17, 15) is 4.79 Å². The van der Waals surface area contributed by atoms with Crippen LogP contribution in [0.25, 0.3) is 10.9 Å². The van der Waals surface area contributed by atoms with E-state index in [1.54, 1.807) is 4.68 Å². The molecular formula is C18H24ClN5O. The van der Waals surface area contributed by atoms with Gasteiger partial charge in [-0.3, -0.25) is 9.48 Å². The fourth-order valence-electron chi connectivity index (χ4n) is 4.21. The summed E-state index contributed by atoms with van der Waals surface area (Å²) in [7, 11) is 1.89. The van der Waals surface area contributed by atoms with Gasteiger partial charge in [-0.15, -0.1) is 0 Å². The van der Waals surface area contributed by atoms with Crippen molar-refractivity contribution in [1.82, 2.24) is 25.7 Å². The average Bonchev–Trinajstić information content (AvgIpc) is 3.16. The standard InChI is InChI=1S/C18H24ClN5O/c1-24-15-4-2-3-12(19)16(15)14(23-24)10-21-17(25)13-9-18(11-22-13)5-7-20-8-6-18/h2-4,13,20,22H,5-11H2,1H3,(H,21,25)/t13-/m0/s1. The maximum Gasteiger partial charge on any atom is 0.237 e. The van der Waals surface area contributed by atoms with Crippen molar-refractivity contribution in [2.45, 2.75) is 31.8 Å². The Bertz CT molecular complexity index is 796. The summed E-state index contributed by atoms with van der Waals surface area (Å²) in [6.07, 6.45) is 3.21. The molecule has 3 N–H and O–H groups in total. The minimum atomic E-state index is -0.108. The van der Waals surface area contributed by atoms with E-state index in [1.165, 1.54) is 0 Å². The zero-order chi connectivity index (χ0) is 17.4. The molecule has 3 heterocycles. The number of benzene rings is 1. The number of amides is 1. The highest BCUT2D eigenvalue weighted by Crippen LogP contribution is 2.37. The normalized spacial score (nSPS) is 22.6. The molecule has 0 bridgehead atoms. The number of rotatable bonds is 3. The molecule has 2 fully saturated rings. The van der Waals surface area contributed by atoms with Crippen LogP contribution < -0.4 is 16.0 Å². The highest BCUT2D eigenvalue weighted by molar-refractivity contribution is 6.35. The monoisotopic (exact) mass is 361 g/mol. The number of piperidine rings is 1. The van der Waals surface area contributed by atoms with E-state index in [1.807, 2.05) is 25.2 Å². The fraction of sp³-hybridized carbons (Fsp3) is 0.556. The third kappa shape index (κ3) is 3.14. The largest absolute Gasteiger partial charge is 0.349 e. The van der Waals surface area contributed by atoms with Crippen molar-refractivity contribution in [3.8, 4) is 0 Å². The molecule has 6 nitrogen and oxygen atoms in total. The lowest BCUT2D eigenvalue weighted by atomic mass is 9.77. The van der Waals surface area contributed by atoms with Crippen LogP contribution in [0.15, 0.2) is 18.2 Å². The molecule has 2 aliphatic heterocycles. The third-order valence-electron chi connectivity index (χ3n) is 5.67. The van der Waals surface area contributed by atoms with E-state index in [4.69, 9.17) is 11.6 Å². The molecule has 25 heavy (non-hydrogen) atoms. The number of hydrogen-bond donors (Lipinski definition) is 3. The Morgan fingerprint density at radius 3 is 3.04 bits per heavy atom. The molecular weight excluding hydrogens is 338 g/mol. The first-order valence-corrected chi connectivity index (χ1v) is 9.28. The molecule has 134 valence electrons. The maximum absolute atomic E-state index is 12.6. The van der Waals surface area contributed by atoms with E-state index < -0.39 is 0 Å². The van der Waals surface area contributed by atoms with E-state index in [-0.39, 0.29) is 17.4 Å². The van der Waals surface area contributed by atoms with Crippen molar-refractivity contribution in [1.29, 1.82) is 0 Å². The summed E-state index contributed by atoms with van der Waals surface area (Å²) in [5, 5.41) is 16.0. The number of aromatic nitrogens is 2. The predicted octanol–water partition coefficient (Wildman–Crippen LogP) is 1.57. The van der Waals surface area contributed by atoms with Crippen LogP contribution in [-0.2, 0) is 18.4 Å². The summed E-state index contributed by atoms with van der Waals surface area (Å²) in [6, 6.07) is 5.65. The SMILES string of the molecule is Cn1nc(CNC(=O)[C@@H]2CC3(CCNCC3)CN2)c2c(Cl)cccc21. The Hall–Kier alpha value is -1.63. The third-order valence-corrected chi connectivity index (χ3v) is 5.99. The number of carbonyl (C=O) groups is 1. The lowest BCUT2D eigenvalue weighted by Gasteiger charge is -2.33. The van der Waals surface area contributed by atoms with Crippen molar-refractivity contribution in [3.05, 3.63) is 28.9 Å². The molecule has 1 aromatic heterocycles. The zero-order valence-corrected chi connectivity index (χ0v) is 15.2. The summed E-state index contributed by atoms with van der Waals surface area (Å²) in [6.45, 7) is 3.43. The lowest BCUT2D eigenvalue weighted by molar-refractivity contribution is -0.123. The zero-order valence-electron chi connectivity index (χ0n) is 14.4. The second-order valence-electron chi connectivity index (χ2n) is 7.31. The van der Waals surface area contributed by atoms with Crippen LogP contribution in [0.1, 0.15) is 25.0 Å². The van der Waals surface area contributed by atoms with Gasteiger partial charge in [-0.25, -0.2) is 0 Å². The van der Waals surface area contributed by atoms with Crippen LogP contribution in [0, 0.1) is 5.41 Å². The topological polar surface area (TPSA) is 71.0 Å². The van der Waals surface area contributed by atoms with Gasteiger partial charge in [0.05, 0.1) is 28.8 Å². The fourth-order valence-corrected chi connectivity index (χ4v) is 4.49. The summed E-state index contributed by atoms with van der Waals surface area (Å²) in [4.78, 5) is 12.6. The molecule has 1 spiro atoms. The Morgan fingerprint density at radius 1 is 1.44 bits per heavy atom.